The third-order valence-electron chi connectivity index (χ3n) is 4.45. The maximum atomic E-state index is 11.8. The topological polar surface area (TPSA) is 51.9 Å². The van der Waals surface area contributed by atoms with Crippen LogP contribution in [0.5, 0.6) is 5.75 Å². The second-order valence-corrected chi connectivity index (χ2v) is 6.43. The van der Waals surface area contributed by atoms with Gasteiger partial charge < -0.3 is 18.9 Å². The molecule has 0 atom stereocenters. The van der Waals surface area contributed by atoms with E-state index in [4.69, 9.17) is 21.7 Å². The van der Waals surface area contributed by atoms with Crippen LogP contribution < -0.4 is 4.74 Å². The van der Waals surface area contributed by atoms with Crippen molar-refractivity contribution in [2.24, 2.45) is 0 Å². The molecule has 0 bridgehead atoms. The van der Waals surface area contributed by atoms with Crippen molar-refractivity contribution < 1.29 is 14.3 Å². The zero-order valence-electron chi connectivity index (χ0n) is 15.1. The number of methoxy groups -OCH3 is 1. The van der Waals surface area contributed by atoms with Crippen LogP contribution in [0.3, 0.4) is 0 Å². The molecule has 0 spiro atoms. The number of benzene rings is 1. The molecular weight excluding hydrogens is 352 g/mol. The molecule has 1 aromatic heterocycles. The predicted octanol–water partition coefficient (Wildman–Crippen LogP) is 2.75. The van der Waals surface area contributed by atoms with Crippen molar-refractivity contribution in [2.75, 3.05) is 39.9 Å². The number of aromatic nitrogens is 2. The molecule has 0 saturated carbocycles. The lowest BCUT2D eigenvalue weighted by Gasteiger charge is -2.34. The van der Waals surface area contributed by atoms with Crippen LogP contribution in [-0.4, -0.2) is 64.9 Å². The molecule has 0 aliphatic carbocycles. The van der Waals surface area contributed by atoms with Crippen molar-refractivity contribution >= 4 is 18.3 Å². The lowest BCUT2D eigenvalue weighted by Crippen LogP contribution is -2.49. The van der Waals surface area contributed by atoms with E-state index in [1.54, 1.807) is 12.0 Å². The average molecular weight is 376 g/mol. The summed E-state index contributed by atoms with van der Waals surface area (Å²) in [6, 6.07) is 7.81. The molecule has 1 amide bonds. The minimum Gasteiger partial charge on any atom is -0.497 e. The summed E-state index contributed by atoms with van der Waals surface area (Å²) in [5, 5.41) is 0. The largest absolute Gasteiger partial charge is 0.497 e. The summed E-state index contributed by atoms with van der Waals surface area (Å²) in [5.41, 5.74) is 1.00. The van der Waals surface area contributed by atoms with E-state index in [1.807, 2.05) is 52.7 Å². The summed E-state index contributed by atoms with van der Waals surface area (Å²) in [5.74, 6) is 0.819. The van der Waals surface area contributed by atoms with E-state index in [0.29, 0.717) is 26.4 Å². The second kappa shape index (κ2) is 8.37. The van der Waals surface area contributed by atoms with Gasteiger partial charge in [0.2, 0.25) is 0 Å². The van der Waals surface area contributed by atoms with Crippen LogP contribution in [0.25, 0.3) is 5.69 Å². The summed E-state index contributed by atoms with van der Waals surface area (Å²) < 4.78 is 15.0. The Bertz CT molecular complexity index is 792. The summed E-state index contributed by atoms with van der Waals surface area (Å²) >= 11 is 5.62. The maximum Gasteiger partial charge on any atom is 0.409 e. The number of nitrogens with zero attached hydrogens (tertiary/aromatic N) is 4. The fourth-order valence-electron chi connectivity index (χ4n) is 2.96. The summed E-state index contributed by atoms with van der Waals surface area (Å²) in [7, 11) is 1.65. The molecule has 8 heteroatoms. The number of hydrogen-bond donors (Lipinski definition) is 0. The molecule has 1 aliphatic heterocycles. The number of hydrogen-bond acceptors (Lipinski definition) is 5. The number of piperazine rings is 1. The fourth-order valence-corrected chi connectivity index (χ4v) is 3.25. The molecular formula is C18H24N4O3S. The van der Waals surface area contributed by atoms with Crippen LogP contribution in [0.4, 0.5) is 4.79 Å². The van der Waals surface area contributed by atoms with Gasteiger partial charge in [-0.2, -0.15) is 0 Å². The minimum atomic E-state index is -0.227. The Kier molecular flexibility index (Phi) is 5.95. The normalized spacial score (nSPS) is 15.1. The molecule has 2 aromatic rings. The van der Waals surface area contributed by atoms with Crippen molar-refractivity contribution in [3.05, 3.63) is 41.4 Å². The Hall–Kier alpha value is -2.32. The van der Waals surface area contributed by atoms with Gasteiger partial charge in [0.15, 0.2) is 4.77 Å². The lowest BCUT2D eigenvalue weighted by molar-refractivity contribution is 0.0707. The second-order valence-electron chi connectivity index (χ2n) is 6.06. The standard InChI is InChI=1S/C18H24N4O3S/c1-3-25-18(23)20-10-8-19(9-11-20)14-21-12-13-22(17(21)26)15-4-6-16(24-2)7-5-15/h4-7,12-13H,3,8-11,14H2,1-2H3. The number of carbonyl (C=O) groups excluding carboxylic acids is 1. The highest BCUT2D eigenvalue weighted by Gasteiger charge is 2.22. The van der Waals surface area contributed by atoms with Crippen LogP contribution in [0.15, 0.2) is 36.7 Å². The first-order valence-electron chi connectivity index (χ1n) is 8.68. The predicted molar refractivity (Wildman–Crippen MR) is 101 cm³/mol. The zero-order valence-corrected chi connectivity index (χ0v) is 15.9. The molecule has 3 rings (SSSR count). The van der Waals surface area contributed by atoms with Gasteiger partial charge in [-0.1, -0.05) is 0 Å². The molecule has 26 heavy (non-hydrogen) atoms. The van der Waals surface area contributed by atoms with Crippen molar-refractivity contribution in [3.8, 4) is 11.4 Å². The Labute approximate surface area is 158 Å². The zero-order chi connectivity index (χ0) is 18.5. The Morgan fingerprint density at radius 3 is 2.42 bits per heavy atom. The van der Waals surface area contributed by atoms with Gasteiger partial charge in [0.1, 0.15) is 5.75 Å². The number of ether oxygens (including phenoxy) is 2. The lowest BCUT2D eigenvalue weighted by atomic mass is 10.3. The fraction of sp³-hybridized carbons (Fsp3) is 0.444. The van der Waals surface area contributed by atoms with Gasteiger partial charge in [0.05, 0.1) is 20.4 Å². The number of amides is 1. The minimum absolute atomic E-state index is 0.227. The SMILES string of the molecule is CCOC(=O)N1CCN(Cn2ccn(-c3ccc(OC)cc3)c2=S)CC1. The van der Waals surface area contributed by atoms with E-state index in [1.165, 1.54) is 0 Å². The quantitative estimate of drug-likeness (QED) is 0.751. The summed E-state index contributed by atoms with van der Waals surface area (Å²) in [6.45, 7) is 5.88. The molecule has 2 heterocycles. The summed E-state index contributed by atoms with van der Waals surface area (Å²) in [6.07, 6.45) is 3.73. The van der Waals surface area contributed by atoms with Gasteiger partial charge in [-0.25, -0.2) is 4.79 Å². The van der Waals surface area contributed by atoms with Crippen LogP contribution in [0, 0.1) is 4.77 Å². The van der Waals surface area contributed by atoms with Gasteiger partial charge in [-0.05, 0) is 43.4 Å². The third-order valence-corrected chi connectivity index (χ3v) is 4.88. The molecule has 0 unspecified atom stereocenters. The van der Waals surface area contributed by atoms with E-state index in [-0.39, 0.29) is 6.09 Å². The highest BCUT2D eigenvalue weighted by Crippen LogP contribution is 2.16. The Morgan fingerprint density at radius 1 is 1.12 bits per heavy atom. The first-order chi connectivity index (χ1) is 12.6. The van der Waals surface area contributed by atoms with Gasteiger partial charge in [0, 0.05) is 44.3 Å². The van der Waals surface area contributed by atoms with Crippen molar-refractivity contribution in [2.45, 2.75) is 13.6 Å². The van der Waals surface area contributed by atoms with E-state index in [0.717, 1.165) is 29.3 Å². The van der Waals surface area contributed by atoms with Crippen LogP contribution in [0.2, 0.25) is 0 Å². The highest BCUT2D eigenvalue weighted by molar-refractivity contribution is 7.71. The van der Waals surface area contributed by atoms with Crippen LogP contribution in [-0.2, 0) is 11.4 Å². The van der Waals surface area contributed by atoms with Gasteiger partial charge in [0.25, 0.3) is 0 Å². The molecule has 1 saturated heterocycles. The Balaban J connectivity index is 1.62. The summed E-state index contributed by atoms with van der Waals surface area (Å²) in [4.78, 5) is 15.8. The van der Waals surface area contributed by atoms with E-state index in [9.17, 15) is 4.79 Å². The third kappa shape index (κ3) is 4.08. The van der Waals surface area contributed by atoms with Gasteiger partial charge in [-0.15, -0.1) is 0 Å². The Morgan fingerprint density at radius 2 is 1.81 bits per heavy atom. The van der Waals surface area contributed by atoms with Crippen molar-refractivity contribution in [1.29, 1.82) is 0 Å². The van der Waals surface area contributed by atoms with E-state index < -0.39 is 0 Å². The maximum absolute atomic E-state index is 11.8. The van der Waals surface area contributed by atoms with Crippen molar-refractivity contribution in [1.82, 2.24) is 18.9 Å². The average Bonchev–Trinajstić information content (AvgIpc) is 3.03. The first kappa shape index (κ1) is 18.5. The van der Waals surface area contributed by atoms with E-state index in [2.05, 4.69) is 4.90 Å². The molecule has 0 N–H and O–H groups in total. The number of imidazole rings is 1. The molecule has 140 valence electrons. The molecule has 0 radical (unpaired) electrons. The highest BCUT2D eigenvalue weighted by atomic mass is 32.1. The molecule has 1 fully saturated rings. The molecule has 1 aliphatic rings. The molecule has 1 aromatic carbocycles. The monoisotopic (exact) mass is 376 g/mol. The first-order valence-corrected chi connectivity index (χ1v) is 9.09. The van der Waals surface area contributed by atoms with E-state index >= 15 is 0 Å². The molecule has 7 nitrogen and oxygen atoms in total. The van der Waals surface area contributed by atoms with Gasteiger partial charge in [-0.3, -0.25) is 9.47 Å². The van der Waals surface area contributed by atoms with Crippen molar-refractivity contribution in [3.63, 3.8) is 0 Å². The van der Waals surface area contributed by atoms with Crippen LogP contribution in [0.1, 0.15) is 6.92 Å². The van der Waals surface area contributed by atoms with Crippen LogP contribution >= 0.6 is 12.2 Å². The number of carbonyl (C=O) groups is 1. The smallest absolute Gasteiger partial charge is 0.409 e. The number of rotatable bonds is 5. The van der Waals surface area contributed by atoms with Gasteiger partial charge >= 0.3 is 6.09 Å².